The number of hydrogen-bond acceptors (Lipinski definition) is 5. The van der Waals surface area contributed by atoms with Crippen LogP contribution in [-0.2, 0) is 19.1 Å². The first kappa shape index (κ1) is 17.8. The molecule has 0 spiro atoms. The number of benzene rings is 1. The van der Waals surface area contributed by atoms with Crippen LogP contribution in [0.25, 0.3) is 0 Å². The van der Waals surface area contributed by atoms with Crippen molar-refractivity contribution in [2.75, 3.05) is 7.11 Å². The van der Waals surface area contributed by atoms with Gasteiger partial charge in [-0.25, -0.2) is 0 Å². The SMILES string of the molecule is COC(=O)[C@H]1C[C@H](C(=O)OC(C)(C)C)[C@@H](c2ccc(Cl)cc2)N1. The van der Waals surface area contributed by atoms with E-state index >= 15 is 0 Å². The Morgan fingerprint density at radius 3 is 2.30 bits per heavy atom. The molecule has 3 atom stereocenters. The summed E-state index contributed by atoms with van der Waals surface area (Å²) < 4.78 is 10.3. The fourth-order valence-corrected chi connectivity index (χ4v) is 2.83. The molecular weight excluding hydrogens is 318 g/mol. The number of esters is 2. The zero-order valence-electron chi connectivity index (χ0n) is 13.8. The summed E-state index contributed by atoms with van der Waals surface area (Å²) in [5, 5.41) is 3.79. The van der Waals surface area contributed by atoms with Crippen LogP contribution < -0.4 is 5.32 Å². The molecule has 0 amide bonds. The Labute approximate surface area is 141 Å². The predicted molar refractivity (Wildman–Crippen MR) is 87.1 cm³/mol. The third kappa shape index (κ3) is 4.45. The molecule has 6 heteroatoms. The lowest BCUT2D eigenvalue weighted by Crippen LogP contribution is -2.33. The molecule has 0 unspecified atom stereocenters. The van der Waals surface area contributed by atoms with Gasteiger partial charge in [-0.15, -0.1) is 0 Å². The smallest absolute Gasteiger partial charge is 0.322 e. The van der Waals surface area contributed by atoms with Crippen LogP contribution in [0.15, 0.2) is 24.3 Å². The highest BCUT2D eigenvalue weighted by Crippen LogP contribution is 2.35. The van der Waals surface area contributed by atoms with Crippen molar-refractivity contribution >= 4 is 23.5 Å². The van der Waals surface area contributed by atoms with Gasteiger partial charge in [-0.1, -0.05) is 23.7 Å². The van der Waals surface area contributed by atoms with Crippen molar-refractivity contribution in [1.29, 1.82) is 0 Å². The van der Waals surface area contributed by atoms with E-state index in [1.54, 1.807) is 12.1 Å². The summed E-state index contributed by atoms with van der Waals surface area (Å²) >= 11 is 5.92. The summed E-state index contributed by atoms with van der Waals surface area (Å²) in [5.74, 6) is -1.16. The average Bonchev–Trinajstić information content (AvgIpc) is 2.90. The summed E-state index contributed by atoms with van der Waals surface area (Å²) in [6, 6.07) is 6.37. The molecule has 1 saturated heterocycles. The first-order valence-corrected chi connectivity index (χ1v) is 7.91. The number of rotatable bonds is 3. The molecule has 1 N–H and O–H groups in total. The van der Waals surface area contributed by atoms with Crippen LogP contribution in [0.4, 0.5) is 0 Å². The van der Waals surface area contributed by atoms with Gasteiger partial charge in [0.05, 0.1) is 13.0 Å². The number of hydrogen-bond donors (Lipinski definition) is 1. The van der Waals surface area contributed by atoms with Crippen LogP contribution in [0.3, 0.4) is 0 Å². The van der Waals surface area contributed by atoms with E-state index in [9.17, 15) is 9.59 Å². The quantitative estimate of drug-likeness (QED) is 0.858. The van der Waals surface area contributed by atoms with E-state index in [1.807, 2.05) is 32.9 Å². The van der Waals surface area contributed by atoms with Gasteiger partial charge in [0.1, 0.15) is 11.6 Å². The van der Waals surface area contributed by atoms with Gasteiger partial charge < -0.3 is 9.47 Å². The van der Waals surface area contributed by atoms with Crippen molar-refractivity contribution in [2.45, 2.75) is 44.9 Å². The number of halogens is 1. The molecular formula is C17H22ClNO4. The Morgan fingerprint density at radius 1 is 1.17 bits per heavy atom. The third-order valence-corrected chi connectivity index (χ3v) is 3.95. The molecule has 5 nitrogen and oxygen atoms in total. The van der Waals surface area contributed by atoms with Crippen molar-refractivity contribution in [3.8, 4) is 0 Å². The first-order chi connectivity index (χ1) is 10.7. The van der Waals surface area contributed by atoms with Crippen LogP contribution in [-0.4, -0.2) is 30.7 Å². The van der Waals surface area contributed by atoms with Crippen LogP contribution in [0.1, 0.15) is 38.8 Å². The lowest BCUT2D eigenvalue weighted by Gasteiger charge is -2.25. The summed E-state index contributed by atoms with van der Waals surface area (Å²) in [6.07, 6.45) is 0.342. The Hall–Kier alpha value is -1.59. The van der Waals surface area contributed by atoms with Crippen LogP contribution in [0.2, 0.25) is 5.02 Å². The number of carbonyl (C=O) groups excluding carboxylic acids is 2. The Kier molecular flexibility index (Phi) is 5.32. The number of methoxy groups -OCH3 is 1. The second-order valence-electron chi connectivity index (χ2n) is 6.65. The minimum absolute atomic E-state index is 0.314. The Morgan fingerprint density at radius 2 is 1.78 bits per heavy atom. The van der Waals surface area contributed by atoms with E-state index in [4.69, 9.17) is 21.1 Å². The summed E-state index contributed by atoms with van der Waals surface area (Å²) in [7, 11) is 1.34. The van der Waals surface area contributed by atoms with Gasteiger partial charge in [-0.3, -0.25) is 14.9 Å². The molecule has 0 bridgehead atoms. The van der Waals surface area contributed by atoms with E-state index in [0.29, 0.717) is 11.4 Å². The topological polar surface area (TPSA) is 64.6 Å². The number of nitrogens with one attached hydrogen (secondary N) is 1. The van der Waals surface area contributed by atoms with Crippen molar-refractivity contribution in [3.05, 3.63) is 34.9 Å². The lowest BCUT2D eigenvalue weighted by atomic mass is 9.93. The van der Waals surface area contributed by atoms with Crippen molar-refractivity contribution < 1.29 is 19.1 Å². The van der Waals surface area contributed by atoms with Crippen molar-refractivity contribution in [2.24, 2.45) is 5.92 Å². The molecule has 126 valence electrons. The van der Waals surface area contributed by atoms with Gasteiger partial charge in [0.2, 0.25) is 0 Å². The van der Waals surface area contributed by atoms with Gasteiger partial charge in [0, 0.05) is 11.1 Å². The molecule has 23 heavy (non-hydrogen) atoms. The average molecular weight is 340 g/mol. The minimum atomic E-state index is -0.578. The summed E-state index contributed by atoms with van der Waals surface area (Å²) in [4.78, 5) is 24.4. The molecule has 1 aromatic carbocycles. The van der Waals surface area contributed by atoms with Gasteiger partial charge in [0.15, 0.2) is 0 Å². The lowest BCUT2D eigenvalue weighted by molar-refractivity contribution is -0.160. The highest BCUT2D eigenvalue weighted by Gasteiger charge is 2.44. The van der Waals surface area contributed by atoms with Gasteiger partial charge >= 0.3 is 11.9 Å². The minimum Gasteiger partial charge on any atom is -0.468 e. The zero-order valence-corrected chi connectivity index (χ0v) is 14.5. The fraction of sp³-hybridized carbons (Fsp3) is 0.529. The molecule has 1 fully saturated rings. The fourth-order valence-electron chi connectivity index (χ4n) is 2.71. The van der Waals surface area contributed by atoms with E-state index in [-0.39, 0.29) is 18.0 Å². The van der Waals surface area contributed by atoms with Gasteiger partial charge in [-0.2, -0.15) is 0 Å². The first-order valence-electron chi connectivity index (χ1n) is 7.53. The highest BCUT2D eigenvalue weighted by atomic mass is 35.5. The summed E-state index contributed by atoms with van der Waals surface area (Å²) in [5.41, 5.74) is 0.307. The molecule has 1 aliphatic rings. The Bertz CT molecular complexity index is 579. The molecule has 0 aromatic heterocycles. The Balaban J connectivity index is 2.25. The molecule has 1 heterocycles. The zero-order chi connectivity index (χ0) is 17.2. The second kappa shape index (κ2) is 6.89. The standard InChI is InChI=1S/C17H22ClNO4/c1-17(2,3)23-15(20)12-9-13(16(21)22-4)19-14(12)10-5-7-11(18)8-6-10/h5-8,12-14,19H,9H2,1-4H3/t12-,13+,14+/m0/s1. The molecule has 0 aliphatic carbocycles. The molecule has 0 saturated carbocycles. The van der Waals surface area contributed by atoms with Crippen LogP contribution in [0, 0.1) is 5.92 Å². The number of ether oxygens (including phenoxy) is 2. The number of carbonyl (C=O) groups is 2. The maximum Gasteiger partial charge on any atom is 0.322 e. The van der Waals surface area contributed by atoms with Gasteiger partial charge in [0.25, 0.3) is 0 Å². The monoisotopic (exact) mass is 339 g/mol. The molecule has 1 aliphatic heterocycles. The maximum absolute atomic E-state index is 12.5. The van der Waals surface area contributed by atoms with Gasteiger partial charge in [-0.05, 0) is 44.9 Å². The van der Waals surface area contributed by atoms with Crippen molar-refractivity contribution in [3.63, 3.8) is 0 Å². The second-order valence-corrected chi connectivity index (χ2v) is 7.08. The molecule has 0 radical (unpaired) electrons. The van der Waals surface area contributed by atoms with E-state index in [1.165, 1.54) is 7.11 Å². The van der Waals surface area contributed by atoms with Crippen LogP contribution in [0.5, 0.6) is 0 Å². The predicted octanol–water partition coefficient (Wildman–Crippen LogP) is 2.87. The van der Waals surface area contributed by atoms with E-state index in [2.05, 4.69) is 5.32 Å². The largest absolute Gasteiger partial charge is 0.468 e. The van der Waals surface area contributed by atoms with Crippen molar-refractivity contribution in [1.82, 2.24) is 5.32 Å². The third-order valence-electron chi connectivity index (χ3n) is 3.70. The van der Waals surface area contributed by atoms with Crippen LogP contribution >= 0.6 is 11.6 Å². The summed E-state index contributed by atoms with van der Waals surface area (Å²) in [6.45, 7) is 5.47. The molecule has 1 aromatic rings. The maximum atomic E-state index is 12.5. The van der Waals surface area contributed by atoms with E-state index in [0.717, 1.165) is 5.56 Å². The highest BCUT2D eigenvalue weighted by molar-refractivity contribution is 6.30. The van der Waals surface area contributed by atoms with E-state index < -0.39 is 17.6 Å². The normalized spacial score (nSPS) is 24.3. The molecule has 2 rings (SSSR count).